The van der Waals surface area contributed by atoms with Crippen LogP contribution < -0.4 is 21.7 Å². The SMILES string of the molecule is CCCCC(CC)COC(=O)O/N=C(\N)c1ccc(CNC(=O)[C@H](C)NC(=O)[C@H]2C[C@@H](CC)CCN2)cc1. The minimum atomic E-state index is -0.882. The van der Waals surface area contributed by atoms with Crippen LogP contribution in [0, 0.1) is 11.8 Å². The number of amidine groups is 1. The first-order valence-corrected chi connectivity index (χ1v) is 13.8. The Hall–Kier alpha value is -3.14. The zero-order valence-electron chi connectivity index (χ0n) is 23.3. The highest BCUT2D eigenvalue weighted by Crippen LogP contribution is 2.19. The third-order valence-corrected chi connectivity index (χ3v) is 7.07. The highest BCUT2D eigenvalue weighted by Gasteiger charge is 2.27. The molecule has 0 aromatic heterocycles. The largest absolute Gasteiger partial charge is 0.535 e. The minimum Gasteiger partial charge on any atom is -0.432 e. The molecule has 0 radical (unpaired) electrons. The van der Waals surface area contributed by atoms with Crippen LogP contribution >= 0.6 is 0 Å². The standard InChI is InChI=1S/C28H45N5O5/c1-5-8-9-21(7-3)18-37-28(36)38-33-25(29)23-12-10-22(11-13-23)17-31-26(34)19(4)32-27(35)24-16-20(6-2)14-15-30-24/h10-13,19-21,24,30H,5-9,14-18H2,1-4H3,(H2,29,33)(H,31,34)(H,32,35)/t19-,20-,21?,24+/m0/s1. The lowest BCUT2D eigenvalue weighted by molar-refractivity contribution is -0.130. The first kappa shape index (κ1) is 31.1. The van der Waals surface area contributed by atoms with E-state index in [0.717, 1.165) is 57.1 Å². The molecule has 2 rings (SSSR count). The van der Waals surface area contributed by atoms with Gasteiger partial charge in [-0.15, -0.1) is 0 Å². The smallest absolute Gasteiger partial charge is 0.432 e. The number of carbonyl (C=O) groups is 3. The monoisotopic (exact) mass is 531 g/mol. The number of ether oxygens (including phenoxy) is 1. The normalized spacial score (nSPS) is 19.2. The zero-order chi connectivity index (χ0) is 27.9. The number of hydrogen-bond donors (Lipinski definition) is 4. The third kappa shape index (κ3) is 10.7. The summed E-state index contributed by atoms with van der Waals surface area (Å²) in [6.07, 6.45) is 6.16. The van der Waals surface area contributed by atoms with Crippen molar-refractivity contribution in [1.82, 2.24) is 16.0 Å². The Bertz CT molecular complexity index is 921. The summed E-state index contributed by atoms with van der Waals surface area (Å²) in [6, 6.07) is 6.11. The van der Waals surface area contributed by atoms with Gasteiger partial charge in [-0.1, -0.05) is 75.9 Å². The topological polar surface area (TPSA) is 144 Å². The van der Waals surface area contributed by atoms with Crippen molar-refractivity contribution in [1.29, 1.82) is 0 Å². The van der Waals surface area contributed by atoms with E-state index in [1.54, 1.807) is 31.2 Å². The number of nitrogens with one attached hydrogen (secondary N) is 3. The maximum absolute atomic E-state index is 12.5. The molecule has 1 fully saturated rings. The first-order chi connectivity index (χ1) is 18.3. The molecule has 1 unspecified atom stereocenters. The van der Waals surface area contributed by atoms with Crippen LogP contribution in [0.15, 0.2) is 29.4 Å². The van der Waals surface area contributed by atoms with Crippen molar-refractivity contribution in [2.75, 3.05) is 13.2 Å². The van der Waals surface area contributed by atoms with E-state index in [1.165, 1.54) is 0 Å². The first-order valence-electron chi connectivity index (χ1n) is 13.8. The molecule has 1 heterocycles. The van der Waals surface area contributed by atoms with E-state index in [4.69, 9.17) is 15.3 Å². The summed E-state index contributed by atoms with van der Waals surface area (Å²) >= 11 is 0. The van der Waals surface area contributed by atoms with Gasteiger partial charge in [0.15, 0.2) is 5.84 Å². The van der Waals surface area contributed by atoms with Gasteiger partial charge in [-0.05, 0) is 50.1 Å². The zero-order valence-corrected chi connectivity index (χ0v) is 23.3. The van der Waals surface area contributed by atoms with Gasteiger partial charge in [0.25, 0.3) is 0 Å². The average molecular weight is 532 g/mol. The number of amides is 2. The summed E-state index contributed by atoms with van der Waals surface area (Å²) in [5, 5.41) is 12.5. The summed E-state index contributed by atoms with van der Waals surface area (Å²) in [5.41, 5.74) is 7.33. The van der Waals surface area contributed by atoms with Gasteiger partial charge in [0.1, 0.15) is 6.04 Å². The lowest BCUT2D eigenvalue weighted by Gasteiger charge is -2.29. The number of benzene rings is 1. The van der Waals surface area contributed by atoms with E-state index in [0.29, 0.717) is 24.0 Å². The molecule has 0 spiro atoms. The van der Waals surface area contributed by atoms with Crippen LogP contribution in [-0.4, -0.2) is 49.0 Å². The van der Waals surface area contributed by atoms with Gasteiger partial charge in [-0.25, -0.2) is 4.79 Å². The summed E-state index contributed by atoms with van der Waals surface area (Å²) in [5.74, 6) is 0.468. The predicted molar refractivity (Wildman–Crippen MR) is 147 cm³/mol. The molecule has 1 aromatic carbocycles. The lowest BCUT2D eigenvalue weighted by atomic mass is 9.90. The number of rotatable bonds is 14. The molecule has 0 aliphatic carbocycles. The van der Waals surface area contributed by atoms with Crippen molar-refractivity contribution in [2.24, 2.45) is 22.7 Å². The van der Waals surface area contributed by atoms with Gasteiger partial charge >= 0.3 is 6.16 Å². The van der Waals surface area contributed by atoms with Gasteiger partial charge in [-0.2, -0.15) is 0 Å². The van der Waals surface area contributed by atoms with Crippen molar-refractivity contribution >= 4 is 23.8 Å². The average Bonchev–Trinajstić information content (AvgIpc) is 2.94. The Morgan fingerprint density at radius 3 is 2.58 bits per heavy atom. The summed E-state index contributed by atoms with van der Waals surface area (Å²) in [6.45, 7) is 9.40. The van der Waals surface area contributed by atoms with Crippen molar-refractivity contribution < 1.29 is 24.0 Å². The van der Waals surface area contributed by atoms with E-state index in [9.17, 15) is 14.4 Å². The summed E-state index contributed by atoms with van der Waals surface area (Å²) < 4.78 is 5.15. The fourth-order valence-electron chi connectivity index (χ4n) is 4.33. The number of oxime groups is 1. The Labute approximate surface area is 226 Å². The Kier molecular flexibility index (Phi) is 13.6. The highest BCUT2D eigenvalue weighted by molar-refractivity contribution is 5.97. The molecule has 212 valence electrons. The molecule has 0 saturated carbocycles. The second-order valence-corrected chi connectivity index (χ2v) is 10.00. The quantitative estimate of drug-likeness (QED) is 0.0944. The highest BCUT2D eigenvalue weighted by atomic mass is 16.8. The molecule has 1 saturated heterocycles. The molecule has 10 nitrogen and oxygen atoms in total. The molecular formula is C28H45N5O5. The summed E-state index contributed by atoms with van der Waals surface area (Å²) in [4.78, 5) is 41.7. The van der Waals surface area contributed by atoms with Crippen LogP contribution in [0.3, 0.4) is 0 Å². The second-order valence-electron chi connectivity index (χ2n) is 10.00. The number of nitrogens with two attached hydrogens (primary N) is 1. The van der Waals surface area contributed by atoms with Crippen LogP contribution in [0.25, 0.3) is 0 Å². The Balaban J connectivity index is 1.76. The van der Waals surface area contributed by atoms with Crippen molar-refractivity contribution in [3.8, 4) is 0 Å². The molecule has 1 aromatic rings. The van der Waals surface area contributed by atoms with Crippen LogP contribution in [0.2, 0.25) is 0 Å². The molecular weight excluding hydrogens is 486 g/mol. The Morgan fingerprint density at radius 2 is 1.92 bits per heavy atom. The number of nitrogens with zero attached hydrogens (tertiary/aromatic N) is 1. The Morgan fingerprint density at radius 1 is 1.18 bits per heavy atom. The number of unbranched alkanes of at least 4 members (excludes halogenated alkanes) is 1. The number of hydrogen-bond acceptors (Lipinski definition) is 7. The van der Waals surface area contributed by atoms with Crippen molar-refractivity contribution in [3.63, 3.8) is 0 Å². The summed E-state index contributed by atoms with van der Waals surface area (Å²) in [7, 11) is 0. The van der Waals surface area contributed by atoms with E-state index < -0.39 is 12.2 Å². The molecule has 38 heavy (non-hydrogen) atoms. The van der Waals surface area contributed by atoms with Gasteiger partial charge in [0.05, 0.1) is 12.6 Å². The lowest BCUT2D eigenvalue weighted by Crippen LogP contribution is -2.53. The fourth-order valence-corrected chi connectivity index (χ4v) is 4.33. The molecule has 1 aliphatic heterocycles. The second kappa shape index (κ2) is 16.7. The van der Waals surface area contributed by atoms with E-state index in [1.807, 2.05) is 0 Å². The van der Waals surface area contributed by atoms with Gasteiger partial charge in [0, 0.05) is 12.1 Å². The van der Waals surface area contributed by atoms with Crippen LogP contribution in [0.4, 0.5) is 4.79 Å². The van der Waals surface area contributed by atoms with Crippen molar-refractivity contribution in [3.05, 3.63) is 35.4 Å². The van der Waals surface area contributed by atoms with Crippen LogP contribution in [0.5, 0.6) is 0 Å². The van der Waals surface area contributed by atoms with Crippen LogP contribution in [-0.2, 0) is 25.7 Å². The van der Waals surface area contributed by atoms with Gasteiger partial charge < -0.3 is 26.4 Å². The molecule has 0 bridgehead atoms. The molecule has 2 amide bonds. The van der Waals surface area contributed by atoms with Gasteiger partial charge in [-0.3, -0.25) is 14.4 Å². The van der Waals surface area contributed by atoms with E-state index >= 15 is 0 Å². The van der Waals surface area contributed by atoms with Crippen LogP contribution in [0.1, 0.15) is 83.8 Å². The van der Waals surface area contributed by atoms with E-state index in [2.05, 4.69) is 41.9 Å². The molecule has 10 heteroatoms. The number of carbonyl (C=O) groups excluding carboxylic acids is 3. The van der Waals surface area contributed by atoms with Crippen molar-refractivity contribution in [2.45, 2.75) is 91.3 Å². The molecule has 4 atom stereocenters. The molecule has 5 N–H and O–H groups in total. The third-order valence-electron chi connectivity index (χ3n) is 7.07. The maximum Gasteiger partial charge on any atom is 0.535 e. The van der Waals surface area contributed by atoms with E-state index in [-0.39, 0.29) is 30.2 Å². The van der Waals surface area contributed by atoms with Gasteiger partial charge in [0.2, 0.25) is 11.8 Å². The number of piperidine rings is 1. The minimum absolute atomic E-state index is 0.0357. The molecule has 1 aliphatic rings. The fraction of sp³-hybridized carbons (Fsp3) is 0.643. The predicted octanol–water partition coefficient (Wildman–Crippen LogP) is 3.58. The maximum atomic E-state index is 12.5.